The molecular weight excluding hydrogens is 372 g/mol. The highest BCUT2D eigenvalue weighted by molar-refractivity contribution is 7.99. The van der Waals surface area contributed by atoms with E-state index in [2.05, 4.69) is 10.3 Å². The second-order valence-corrected chi connectivity index (χ2v) is 7.50. The van der Waals surface area contributed by atoms with Crippen LogP contribution in [0, 0.1) is 0 Å². The summed E-state index contributed by atoms with van der Waals surface area (Å²) in [5.41, 5.74) is 1.06. The number of anilines is 1. The molecule has 1 aliphatic rings. The van der Waals surface area contributed by atoms with Crippen LogP contribution < -0.4 is 14.8 Å². The van der Waals surface area contributed by atoms with Gasteiger partial charge in [-0.2, -0.15) is 11.8 Å². The highest BCUT2D eigenvalue weighted by atomic mass is 32.2. The minimum Gasteiger partial charge on any atom is -0.473 e. The minimum atomic E-state index is -0.250. The molecule has 28 heavy (non-hydrogen) atoms. The molecule has 5 nitrogen and oxygen atoms in total. The summed E-state index contributed by atoms with van der Waals surface area (Å²) < 4.78 is 11.7. The Kier molecular flexibility index (Phi) is 5.77. The SMILES string of the molecule is O=C(Nc1ccccc1Oc1ccccc1)c1ccc(OC2CCSC2)nc1. The van der Waals surface area contributed by atoms with Gasteiger partial charge in [0.05, 0.1) is 11.3 Å². The summed E-state index contributed by atoms with van der Waals surface area (Å²) in [6.07, 6.45) is 2.78. The van der Waals surface area contributed by atoms with Crippen molar-refractivity contribution in [2.24, 2.45) is 0 Å². The van der Waals surface area contributed by atoms with Gasteiger partial charge in [0, 0.05) is 18.0 Å². The van der Waals surface area contributed by atoms with Gasteiger partial charge in [-0.05, 0) is 42.5 Å². The molecule has 0 bridgehead atoms. The number of rotatable bonds is 6. The van der Waals surface area contributed by atoms with E-state index in [1.807, 2.05) is 60.3 Å². The lowest BCUT2D eigenvalue weighted by Crippen LogP contribution is -2.16. The molecule has 3 aromatic rings. The maximum absolute atomic E-state index is 12.6. The minimum absolute atomic E-state index is 0.208. The molecule has 1 aliphatic heterocycles. The lowest BCUT2D eigenvalue weighted by Gasteiger charge is -2.13. The number of benzene rings is 2. The van der Waals surface area contributed by atoms with Gasteiger partial charge < -0.3 is 14.8 Å². The highest BCUT2D eigenvalue weighted by Gasteiger charge is 2.18. The number of pyridine rings is 1. The van der Waals surface area contributed by atoms with Gasteiger partial charge in [0.15, 0.2) is 5.75 Å². The largest absolute Gasteiger partial charge is 0.473 e. The van der Waals surface area contributed by atoms with Crippen molar-refractivity contribution in [3.63, 3.8) is 0 Å². The van der Waals surface area contributed by atoms with E-state index in [1.165, 1.54) is 6.20 Å². The van der Waals surface area contributed by atoms with Crippen molar-refractivity contribution >= 4 is 23.4 Å². The molecule has 4 rings (SSSR count). The molecular formula is C22H20N2O3S. The van der Waals surface area contributed by atoms with Crippen molar-refractivity contribution in [1.29, 1.82) is 0 Å². The molecule has 2 heterocycles. The van der Waals surface area contributed by atoms with Crippen LogP contribution in [0.25, 0.3) is 0 Å². The molecule has 1 aromatic heterocycles. The van der Waals surface area contributed by atoms with E-state index < -0.39 is 0 Å². The number of thioether (sulfide) groups is 1. The van der Waals surface area contributed by atoms with Crippen molar-refractivity contribution in [2.75, 3.05) is 16.8 Å². The molecule has 1 saturated heterocycles. The van der Waals surface area contributed by atoms with Crippen LogP contribution >= 0.6 is 11.8 Å². The molecule has 1 N–H and O–H groups in total. The highest BCUT2D eigenvalue weighted by Crippen LogP contribution is 2.29. The lowest BCUT2D eigenvalue weighted by molar-refractivity contribution is 0.102. The maximum atomic E-state index is 12.6. The molecule has 2 aromatic carbocycles. The van der Waals surface area contributed by atoms with Gasteiger partial charge in [-0.25, -0.2) is 4.98 Å². The third-order valence-electron chi connectivity index (χ3n) is 4.28. The summed E-state index contributed by atoms with van der Waals surface area (Å²) in [6, 6.07) is 20.2. The van der Waals surface area contributed by atoms with Gasteiger partial charge >= 0.3 is 0 Å². The fourth-order valence-corrected chi connectivity index (χ4v) is 3.92. The maximum Gasteiger partial charge on any atom is 0.257 e. The Bertz CT molecular complexity index is 926. The van der Waals surface area contributed by atoms with Crippen LogP contribution in [-0.4, -0.2) is 28.5 Å². The molecule has 0 spiro atoms. The Morgan fingerprint density at radius 3 is 2.61 bits per heavy atom. The molecule has 0 aliphatic carbocycles. The second kappa shape index (κ2) is 8.80. The van der Waals surface area contributed by atoms with Crippen LogP contribution in [0.1, 0.15) is 16.8 Å². The Labute approximate surface area is 168 Å². The standard InChI is InChI=1S/C22H20N2O3S/c25-22(16-10-11-21(23-14-16)27-18-12-13-28-15-18)24-19-8-4-5-9-20(19)26-17-6-2-1-3-7-17/h1-11,14,18H,12-13,15H2,(H,24,25). The van der Waals surface area contributed by atoms with E-state index in [1.54, 1.807) is 18.2 Å². The normalized spacial score (nSPS) is 15.8. The van der Waals surface area contributed by atoms with Crippen molar-refractivity contribution in [2.45, 2.75) is 12.5 Å². The van der Waals surface area contributed by atoms with Crippen molar-refractivity contribution < 1.29 is 14.3 Å². The van der Waals surface area contributed by atoms with Crippen LogP contribution in [0.5, 0.6) is 17.4 Å². The fourth-order valence-electron chi connectivity index (χ4n) is 2.83. The van der Waals surface area contributed by atoms with E-state index >= 15 is 0 Å². The van der Waals surface area contributed by atoms with E-state index in [0.717, 1.165) is 17.9 Å². The Morgan fingerprint density at radius 1 is 1.04 bits per heavy atom. The summed E-state index contributed by atoms with van der Waals surface area (Å²) in [7, 11) is 0. The summed E-state index contributed by atoms with van der Waals surface area (Å²) in [5.74, 6) is 3.69. The molecule has 0 radical (unpaired) electrons. The predicted molar refractivity (Wildman–Crippen MR) is 112 cm³/mol. The number of carbonyl (C=O) groups is 1. The number of aromatic nitrogens is 1. The third kappa shape index (κ3) is 4.64. The van der Waals surface area contributed by atoms with Gasteiger partial charge in [0.1, 0.15) is 11.9 Å². The zero-order valence-electron chi connectivity index (χ0n) is 15.2. The number of ether oxygens (including phenoxy) is 2. The molecule has 1 atom stereocenters. The molecule has 1 amide bonds. The lowest BCUT2D eigenvalue weighted by atomic mass is 10.2. The average molecular weight is 392 g/mol. The first-order valence-corrected chi connectivity index (χ1v) is 10.3. The van der Waals surface area contributed by atoms with E-state index in [0.29, 0.717) is 28.6 Å². The first-order valence-electron chi connectivity index (χ1n) is 9.12. The number of carbonyl (C=O) groups excluding carboxylic acids is 1. The summed E-state index contributed by atoms with van der Waals surface area (Å²) >= 11 is 1.88. The summed E-state index contributed by atoms with van der Waals surface area (Å²) in [5, 5.41) is 2.89. The average Bonchev–Trinajstić information content (AvgIpc) is 3.24. The molecule has 6 heteroatoms. The number of para-hydroxylation sites is 3. The predicted octanol–water partition coefficient (Wildman–Crippen LogP) is 5.01. The quantitative estimate of drug-likeness (QED) is 0.639. The zero-order valence-corrected chi connectivity index (χ0v) is 16.0. The van der Waals surface area contributed by atoms with Crippen LogP contribution in [0.15, 0.2) is 72.9 Å². The fraction of sp³-hybridized carbons (Fsp3) is 0.182. The number of hydrogen-bond acceptors (Lipinski definition) is 5. The van der Waals surface area contributed by atoms with E-state index in [9.17, 15) is 4.79 Å². The smallest absolute Gasteiger partial charge is 0.257 e. The van der Waals surface area contributed by atoms with Crippen molar-refractivity contribution in [3.8, 4) is 17.4 Å². The molecule has 1 fully saturated rings. The first kappa shape index (κ1) is 18.4. The van der Waals surface area contributed by atoms with Crippen molar-refractivity contribution in [3.05, 3.63) is 78.5 Å². The van der Waals surface area contributed by atoms with Crippen LogP contribution in [-0.2, 0) is 0 Å². The van der Waals surface area contributed by atoms with Gasteiger partial charge in [-0.3, -0.25) is 4.79 Å². The zero-order chi connectivity index (χ0) is 19.2. The van der Waals surface area contributed by atoms with Crippen LogP contribution in [0.2, 0.25) is 0 Å². The van der Waals surface area contributed by atoms with Crippen LogP contribution in [0.4, 0.5) is 5.69 Å². The molecule has 142 valence electrons. The van der Waals surface area contributed by atoms with E-state index in [4.69, 9.17) is 9.47 Å². The monoisotopic (exact) mass is 392 g/mol. The summed E-state index contributed by atoms with van der Waals surface area (Å²) in [6.45, 7) is 0. The molecule has 0 saturated carbocycles. The third-order valence-corrected chi connectivity index (χ3v) is 5.41. The Morgan fingerprint density at radius 2 is 1.86 bits per heavy atom. The molecule has 1 unspecified atom stereocenters. The first-order chi connectivity index (χ1) is 13.8. The van der Waals surface area contributed by atoms with Gasteiger partial charge in [-0.15, -0.1) is 0 Å². The van der Waals surface area contributed by atoms with Crippen molar-refractivity contribution in [1.82, 2.24) is 4.98 Å². The van der Waals surface area contributed by atoms with Crippen LogP contribution in [0.3, 0.4) is 0 Å². The van der Waals surface area contributed by atoms with Gasteiger partial charge in [0.2, 0.25) is 5.88 Å². The number of nitrogens with zero attached hydrogens (tertiary/aromatic N) is 1. The number of amides is 1. The topological polar surface area (TPSA) is 60.5 Å². The Balaban J connectivity index is 1.43. The second-order valence-electron chi connectivity index (χ2n) is 6.35. The number of nitrogens with one attached hydrogen (secondary N) is 1. The van der Waals surface area contributed by atoms with Gasteiger partial charge in [0.25, 0.3) is 5.91 Å². The Hall–Kier alpha value is -2.99. The number of hydrogen-bond donors (Lipinski definition) is 1. The van der Waals surface area contributed by atoms with Gasteiger partial charge in [-0.1, -0.05) is 30.3 Å². The van der Waals surface area contributed by atoms with E-state index in [-0.39, 0.29) is 12.0 Å². The summed E-state index contributed by atoms with van der Waals surface area (Å²) in [4.78, 5) is 16.9.